The van der Waals surface area contributed by atoms with Crippen LogP contribution >= 0.6 is 0 Å². The fraction of sp³-hybridized carbons (Fsp3) is 0.395. The average molecular weight is 646 g/mol. The van der Waals surface area contributed by atoms with Crippen LogP contribution in [0.5, 0.6) is 11.5 Å². The fourth-order valence-corrected chi connectivity index (χ4v) is 7.69. The third-order valence-electron chi connectivity index (χ3n) is 10.1. The van der Waals surface area contributed by atoms with Gasteiger partial charge in [-0.2, -0.15) is 10.5 Å². The number of nitriles is 2. The number of rotatable bonds is 8. The quantitative estimate of drug-likeness (QED) is 0.351. The minimum Gasteiger partial charge on any atom is -0.493 e. The molecule has 2 heterocycles. The van der Waals surface area contributed by atoms with Gasteiger partial charge in [-0.15, -0.1) is 0 Å². The predicted octanol–water partition coefficient (Wildman–Crippen LogP) is 4.60. The molecule has 10 nitrogen and oxygen atoms in total. The molecule has 10 heteroatoms. The lowest BCUT2D eigenvalue weighted by molar-refractivity contribution is -0.148. The minimum absolute atomic E-state index is 0.129. The van der Waals surface area contributed by atoms with Gasteiger partial charge in [-0.3, -0.25) is 14.4 Å². The van der Waals surface area contributed by atoms with Crippen LogP contribution in [0.2, 0.25) is 0 Å². The molecule has 1 N–H and O–H groups in total. The average Bonchev–Trinajstić information content (AvgIpc) is 3.82. The van der Waals surface area contributed by atoms with E-state index in [9.17, 15) is 24.9 Å². The van der Waals surface area contributed by atoms with Crippen molar-refractivity contribution in [1.82, 2.24) is 15.1 Å². The molecule has 3 aromatic rings. The van der Waals surface area contributed by atoms with Gasteiger partial charge in [-0.25, -0.2) is 0 Å². The molecule has 0 radical (unpaired) electrons. The lowest BCUT2D eigenvalue weighted by Gasteiger charge is -2.37. The molecule has 0 spiro atoms. The van der Waals surface area contributed by atoms with E-state index in [2.05, 4.69) is 17.5 Å². The highest BCUT2D eigenvalue weighted by Gasteiger charge is 2.59. The first kappa shape index (κ1) is 32.7. The van der Waals surface area contributed by atoms with Crippen LogP contribution in [0.1, 0.15) is 70.3 Å². The van der Waals surface area contributed by atoms with E-state index in [4.69, 9.17) is 9.47 Å². The number of nitrogens with zero attached hydrogens (tertiary/aromatic N) is 4. The van der Waals surface area contributed by atoms with Crippen LogP contribution in [0.25, 0.3) is 0 Å². The lowest BCUT2D eigenvalue weighted by atomic mass is 9.75. The van der Waals surface area contributed by atoms with Crippen LogP contribution in [0.15, 0.2) is 66.7 Å². The number of methoxy groups -OCH3 is 2. The molecule has 1 aliphatic carbocycles. The Bertz CT molecular complexity index is 1750. The number of Topliss-reactive ketones (excluding diaryl/α,β-unsaturated/α-hetero) is 1. The van der Waals surface area contributed by atoms with Crippen molar-refractivity contribution in [2.24, 2.45) is 11.8 Å². The van der Waals surface area contributed by atoms with Crippen LogP contribution in [0.3, 0.4) is 0 Å². The number of nitrogens with one attached hydrogen (secondary N) is 1. The van der Waals surface area contributed by atoms with Crippen molar-refractivity contribution in [3.63, 3.8) is 0 Å². The summed E-state index contributed by atoms with van der Waals surface area (Å²) in [6, 6.07) is 21.3. The van der Waals surface area contributed by atoms with E-state index >= 15 is 0 Å². The highest BCUT2D eigenvalue weighted by molar-refractivity contribution is 6.02. The Morgan fingerprint density at radius 1 is 0.771 bits per heavy atom. The Labute approximate surface area is 280 Å². The molecule has 6 rings (SSSR count). The van der Waals surface area contributed by atoms with Crippen molar-refractivity contribution in [3.8, 4) is 23.6 Å². The van der Waals surface area contributed by atoms with Crippen LogP contribution in [0, 0.1) is 34.5 Å². The highest BCUT2D eigenvalue weighted by atomic mass is 16.5. The standard InChI is InChI=1S/C38H39N5O5/c1-47-30-16-15-29(21-31(30)48-2)32-33(36(44)27-13-9-25(23-40)10-14-27)34(26-11-7-24(22-39)8-12-26)43(37(45)28-5-3-4-6-28)35(32)38(46)42-19-17-41-18-20-42/h7-16,21,28,32-35,41H,3-6,17-20H2,1-2H3. The Hall–Kier alpha value is -5.19. The van der Waals surface area contributed by atoms with Gasteiger partial charge in [0.05, 0.1) is 49.4 Å². The number of likely N-dealkylation sites (tertiary alicyclic amines) is 1. The first-order valence-electron chi connectivity index (χ1n) is 16.5. The smallest absolute Gasteiger partial charge is 0.246 e. The van der Waals surface area contributed by atoms with Crippen molar-refractivity contribution in [1.29, 1.82) is 10.5 Å². The zero-order chi connectivity index (χ0) is 33.8. The van der Waals surface area contributed by atoms with Gasteiger partial charge in [0.2, 0.25) is 11.8 Å². The molecular weight excluding hydrogens is 606 g/mol. The molecule has 0 aromatic heterocycles. The molecule has 2 saturated heterocycles. The molecule has 3 aromatic carbocycles. The maximum atomic E-state index is 15.0. The van der Waals surface area contributed by atoms with Crippen molar-refractivity contribution < 1.29 is 23.9 Å². The van der Waals surface area contributed by atoms with E-state index in [-0.39, 0.29) is 23.5 Å². The Morgan fingerprint density at radius 3 is 1.94 bits per heavy atom. The summed E-state index contributed by atoms with van der Waals surface area (Å²) in [5, 5.41) is 22.3. The lowest BCUT2D eigenvalue weighted by Crippen LogP contribution is -2.55. The van der Waals surface area contributed by atoms with Gasteiger partial charge in [-0.05, 0) is 60.4 Å². The van der Waals surface area contributed by atoms with E-state index in [1.54, 1.807) is 77.6 Å². The molecule has 3 fully saturated rings. The number of benzene rings is 3. The van der Waals surface area contributed by atoms with E-state index < -0.39 is 23.9 Å². The summed E-state index contributed by atoms with van der Waals surface area (Å²) < 4.78 is 11.2. The number of piperazine rings is 1. The van der Waals surface area contributed by atoms with Crippen molar-refractivity contribution in [2.45, 2.75) is 43.7 Å². The number of hydrogen-bond acceptors (Lipinski definition) is 8. The number of hydrogen-bond donors (Lipinski definition) is 1. The van der Waals surface area contributed by atoms with Crippen LogP contribution in [-0.2, 0) is 9.59 Å². The van der Waals surface area contributed by atoms with Gasteiger partial charge in [0.1, 0.15) is 6.04 Å². The molecule has 4 unspecified atom stereocenters. The van der Waals surface area contributed by atoms with Crippen LogP contribution < -0.4 is 14.8 Å². The monoisotopic (exact) mass is 645 g/mol. The second-order valence-electron chi connectivity index (χ2n) is 12.6. The Balaban J connectivity index is 1.61. The molecular formula is C38H39N5O5. The number of ether oxygens (including phenoxy) is 2. The summed E-state index contributed by atoms with van der Waals surface area (Å²) >= 11 is 0. The molecule has 3 aliphatic rings. The molecule has 1 saturated carbocycles. The fourth-order valence-electron chi connectivity index (χ4n) is 7.69. The molecule has 2 aliphatic heterocycles. The maximum Gasteiger partial charge on any atom is 0.246 e. The largest absolute Gasteiger partial charge is 0.493 e. The molecule has 2 amide bonds. The number of ketones is 1. The minimum atomic E-state index is -0.984. The third-order valence-corrected chi connectivity index (χ3v) is 10.1. The topological polar surface area (TPSA) is 136 Å². The highest BCUT2D eigenvalue weighted by Crippen LogP contribution is 2.53. The molecule has 48 heavy (non-hydrogen) atoms. The van der Waals surface area contributed by atoms with Gasteiger partial charge < -0.3 is 24.6 Å². The number of carbonyl (C=O) groups is 3. The summed E-state index contributed by atoms with van der Waals surface area (Å²) in [5.74, 6) is -1.52. The molecule has 0 bridgehead atoms. The normalized spacial score (nSPS) is 22.5. The first-order chi connectivity index (χ1) is 23.4. The van der Waals surface area contributed by atoms with Crippen molar-refractivity contribution >= 4 is 17.6 Å². The Kier molecular flexibility index (Phi) is 9.75. The SMILES string of the molecule is COc1ccc(C2C(C(=O)c3ccc(C#N)cc3)C(c3ccc(C#N)cc3)N(C(=O)C3CCCC3)C2C(=O)N2CCNCC2)cc1OC. The first-order valence-corrected chi connectivity index (χ1v) is 16.5. The summed E-state index contributed by atoms with van der Waals surface area (Å²) in [6.45, 7) is 2.22. The summed E-state index contributed by atoms with van der Waals surface area (Å²) in [7, 11) is 3.08. The van der Waals surface area contributed by atoms with Gasteiger partial charge in [-0.1, -0.05) is 43.2 Å². The zero-order valence-corrected chi connectivity index (χ0v) is 27.2. The molecule has 246 valence electrons. The van der Waals surface area contributed by atoms with Crippen molar-refractivity contribution in [3.05, 3.63) is 94.5 Å². The summed E-state index contributed by atoms with van der Waals surface area (Å²) in [4.78, 5) is 48.3. The second-order valence-corrected chi connectivity index (χ2v) is 12.6. The zero-order valence-electron chi connectivity index (χ0n) is 27.2. The predicted molar refractivity (Wildman–Crippen MR) is 177 cm³/mol. The van der Waals surface area contributed by atoms with Gasteiger partial charge >= 0.3 is 0 Å². The van der Waals surface area contributed by atoms with E-state index in [1.807, 2.05) is 6.07 Å². The summed E-state index contributed by atoms with van der Waals surface area (Å²) in [6.07, 6.45) is 3.29. The van der Waals surface area contributed by atoms with E-state index in [0.29, 0.717) is 65.5 Å². The van der Waals surface area contributed by atoms with Gasteiger partial charge in [0.15, 0.2) is 17.3 Å². The maximum absolute atomic E-state index is 15.0. The molecule has 4 atom stereocenters. The Morgan fingerprint density at radius 2 is 1.35 bits per heavy atom. The van der Waals surface area contributed by atoms with E-state index in [0.717, 1.165) is 25.7 Å². The second kappa shape index (κ2) is 14.3. The number of carbonyl (C=O) groups excluding carboxylic acids is 3. The third kappa shape index (κ3) is 6.12. The van der Waals surface area contributed by atoms with Gasteiger partial charge in [0, 0.05) is 43.6 Å². The summed E-state index contributed by atoms with van der Waals surface area (Å²) in [5.41, 5.74) is 2.60. The van der Waals surface area contributed by atoms with E-state index in [1.165, 1.54) is 7.11 Å². The van der Waals surface area contributed by atoms with Gasteiger partial charge in [0.25, 0.3) is 0 Å². The number of amides is 2. The van der Waals surface area contributed by atoms with Crippen LogP contribution in [-0.4, -0.2) is 73.8 Å². The van der Waals surface area contributed by atoms with Crippen molar-refractivity contribution in [2.75, 3.05) is 40.4 Å². The van der Waals surface area contributed by atoms with Crippen LogP contribution in [0.4, 0.5) is 0 Å².